The molecular weight excluding hydrogens is 215 g/mol. The quantitative estimate of drug-likeness (QED) is 0.863. The molecule has 1 aliphatic rings. The molecule has 1 aromatic carbocycles. The van der Waals surface area contributed by atoms with Gasteiger partial charge in [-0.15, -0.1) is 0 Å². The first kappa shape index (κ1) is 12.5. The fraction of sp³-hybridized carbons (Fsp3) is 0.571. The van der Waals surface area contributed by atoms with Gasteiger partial charge in [-0.05, 0) is 56.6 Å². The first-order valence-corrected chi connectivity index (χ1v) is 6.33. The first-order valence-electron chi connectivity index (χ1n) is 6.33. The molecule has 0 bridgehead atoms. The normalized spacial score (nSPS) is 21.0. The SMILES string of the molecule is Cc1ccc(F)cc1CNCC1CCCN1C. The van der Waals surface area contributed by atoms with Crippen molar-refractivity contribution >= 4 is 0 Å². The minimum absolute atomic E-state index is 0.148. The topological polar surface area (TPSA) is 15.3 Å². The third-order valence-electron chi connectivity index (χ3n) is 3.68. The van der Waals surface area contributed by atoms with E-state index in [0.29, 0.717) is 6.04 Å². The lowest BCUT2D eigenvalue weighted by Crippen LogP contribution is -2.35. The standard InChI is InChI=1S/C14H21FN2/c1-11-5-6-13(15)8-12(11)9-16-10-14-4-3-7-17(14)2/h5-6,8,14,16H,3-4,7,9-10H2,1-2H3. The Balaban J connectivity index is 1.83. The van der Waals surface area contributed by atoms with Crippen molar-refractivity contribution in [1.82, 2.24) is 10.2 Å². The van der Waals surface area contributed by atoms with Crippen molar-refractivity contribution in [3.8, 4) is 0 Å². The summed E-state index contributed by atoms with van der Waals surface area (Å²) in [5.41, 5.74) is 2.21. The molecule has 2 nitrogen and oxygen atoms in total. The highest BCUT2D eigenvalue weighted by molar-refractivity contribution is 5.26. The van der Waals surface area contributed by atoms with E-state index in [1.54, 1.807) is 6.07 Å². The van der Waals surface area contributed by atoms with Gasteiger partial charge in [0.05, 0.1) is 0 Å². The van der Waals surface area contributed by atoms with Crippen LogP contribution in [0, 0.1) is 12.7 Å². The van der Waals surface area contributed by atoms with Crippen LogP contribution in [0.1, 0.15) is 24.0 Å². The van der Waals surface area contributed by atoms with Crippen LogP contribution in [0.25, 0.3) is 0 Å². The van der Waals surface area contributed by atoms with Crippen LogP contribution in [0.2, 0.25) is 0 Å². The van der Waals surface area contributed by atoms with Crippen molar-refractivity contribution in [3.63, 3.8) is 0 Å². The van der Waals surface area contributed by atoms with Crippen molar-refractivity contribution < 1.29 is 4.39 Å². The highest BCUT2D eigenvalue weighted by Crippen LogP contribution is 2.14. The minimum atomic E-state index is -0.148. The fourth-order valence-electron chi connectivity index (χ4n) is 2.44. The molecule has 3 heteroatoms. The predicted octanol–water partition coefficient (Wildman–Crippen LogP) is 2.32. The van der Waals surface area contributed by atoms with Crippen molar-refractivity contribution in [2.24, 2.45) is 0 Å². The largest absolute Gasteiger partial charge is 0.311 e. The van der Waals surface area contributed by atoms with Gasteiger partial charge in [0.25, 0.3) is 0 Å². The van der Waals surface area contributed by atoms with Crippen molar-refractivity contribution in [2.75, 3.05) is 20.1 Å². The number of hydrogen-bond donors (Lipinski definition) is 1. The van der Waals surface area contributed by atoms with Crippen LogP contribution in [0.3, 0.4) is 0 Å². The lowest BCUT2D eigenvalue weighted by molar-refractivity contribution is 0.300. The molecule has 1 saturated heterocycles. The van der Waals surface area contributed by atoms with Crippen molar-refractivity contribution in [3.05, 3.63) is 35.1 Å². The van der Waals surface area contributed by atoms with Gasteiger partial charge >= 0.3 is 0 Å². The summed E-state index contributed by atoms with van der Waals surface area (Å²) in [6, 6.07) is 5.63. The monoisotopic (exact) mass is 236 g/mol. The summed E-state index contributed by atoms with van der Waals surface area (Å²) < 4.78 is 13.1. The molecule has 0 radical (unpaired) electrons. The highest BCUT2D eigenvalue weighted by atomic mass is 19.1. The number of aryl methyl sites for hydroxylation is 1. The van der Waals surface area contributed by atoms with Gasteiger partial charge in [-0.2, -0.15) is 0 Å². The number of likely N-dealkylation sites (N-methyl/N-ethyl adjacent to an activating group) is 1. The van der Waals surface area contributed by atoms with Gasteiger partial charge in [0.1, 0.15) is 5.82 Å². The molecule has 1 N–H and O–H groups in total. The van der Waals surface area contributed by atoms with E-state index in [2.05, 4.69) is 17.3 Å². The molecular formula is C14H21FN2. The van der Waals surface area contributed by atoms with Crippen LogP contribution in [0.5, 0.6) is 0 Å². The zero-order valence-corrected chi connectivity index (χ0v) is 10.7. The maximum atomic E-state index is 13.1. The molecule has 1 aliphatic heterocycles. The highest BCUT2D eigenvalue weighted by Gasteiger charge is 2.19. The molecule has 2 rings (SSSR count). The maximum absolute atomic E-state index is 13.1. The number of benzene rings is 1. The Kier molecular flexibility index (Phi) is 4.13. The average molecular weight is 236 g/mol. The van der Waals surface area contributed by atoms with E-state index in [-0.39, 0.29) is 5.82 Å². The molecule has 1 aromatic rings. The van der Waals surface area contributed by atoms with E-state index in [1.165, 1.54) is 25.5 Å². The van der Waals surface area contributed by atoms with Crippen molar-refractivity contribution in [1.29, 1.82) is 0 Å². The van der Waals surface area contributed by atoms with Crippen LogP contribution < -0.4 is 5.32 Å². The Labute approximate surface area is 103 Å². The summed E-state index contributed by atoms with van der Waals surface area (Å²) in [6.45, 7) is 4.98. The summed E-state index contributed by atoms with van der Waals surface area (Å²) in [7, 11) is 2.17. The second-order valence-electron chi connectivity index (χ2n) is 4.98. The number of hydrogen-bond acceptors (Lipinski definition) is 2. The Bertz CT molecular complexity index is 378. The van der Waals surface area contributed by atoms with E-state index in [1.807, 2.05) is 13.0 Å². The summed E-state index contributed by atoms with van der Waals surface area (Å²) >= 11 is 0. The summed E-state index contributed by atoms with van der Waals surface area (Å²) in [6.07, 6.45) is 2.56. The van der Waals surface area contributed by atoms with Crippen molar-refractivity contribution in [2.45, 2.75) is 32.4 Å². The minimum Gasteiger partial charge on any atom is -0.311 e. The van der Waals surface area contributed by atoms with Gasteiger partial charge in [0.15, 0.2) is 0 Å². The Hall–Kier alpha value is -0.930. The number of rotatable bonds is 4. The number of nitrogens with zero attached hydrogens (tertiary/aromatic N) is 1. The molecule has 0 aromatic heterocycles. The van der Waals surface area contributed by atoms with Crippen LogP contribution in [0.4, 0.5) is 4.39 Å². The Morgan fingerprint density at radius 3 is 3.00 bits per heavy atom. The van der Waals surface area contributed by atoms with Crippen LogP contribution in [0.15, 0.2) is 18.2 Å². The zero-order chi connectivity index (χ0) is 12.3. The molecule has 0 aliphatic carbocycles. The number of nitrogens with one attached hydrogen (secondary N) is 1. The maximum Gasteiger partial charge on any atom is 0.123 e. The lowest BCUT2D eigenvalue weighted by Gasteiger charge is -2.20. The first-order chi connectivity index (χ1) is 8.16. The van der Waals surface area contributed by atoms with E-state index in [4.69, 9.17) is 0 Å². The zero-order valence-electron chi connectivity index (χ0n) is 10.7. The summed E-state index contributed by atoms with van der Waals surface area (Å²) in [4.78, 5) is 2.39. The molecule has 94 valence electrons. The molecule has 17 heavy (non-hydrogen) atoms. The average Bonchev–Trinajstić information content (AvgIpc) is 2.70. The molecule has 0 amide bonds. The van der Waals surface area contributed by atoms with Gasteiger partial charge in [-0.3, -0.25) is 0 Å². The molecule has 0 saturated carbocycles. The van der Waals surface area contributed by atoms with Crippen LogP contribution in [-0.4, -0.2) is 31.1 Å². The molecule has 1 fully saturated rings. The smallest absolute Gasteiger partial charge is 0.123 e. The van der Waals surface area contributed by atoms with E-state index in [9.17, 15) is 4.39 Å². The lowest BCUT2D eigenvalue weighted by atomic mass is 10.1. The van der Waals surface area contributed by atoms with Gasteiger partial charge in [0.2, 0.25) is 0 Å². The van der Waals surface area contributed by atoms with Gasteiger partial charge in [-0.25, -0.2) is 4.39 Å². The number of likely N-dealkylation sites (tertiary alicyclic amines) is 1. The van der Waals surface area contributed by atoms with E-state index < -0.39 is 0 Å². The van der Waals surface area contributed by atoms with Crippen LogP contribution in [-0.2, 0) is 6.54 Å². The van der Waals surface area contributed by atoms with Gasteiger partial charge in [0, 0.05) is 19.1 Å². The molecule has 1 atom stereocenters. The third kappa shape index (κ3) is 3.27. The Morgan fingerprint density at radius 1 is 1.47 bits per heavy atom. The second kappa shape index (κ2) is 5.61. The predicted molar refractivity (Wildman–Crippen MR) is 68.5 cm³/mol. The van der Waals surface area contributed by atoms with Crippen LogP contribution >= 0.6 is 0 Å². The molecule has 1 heterocycles. The molecule has 1 unspecified atom stereocenters. The summed E-state index contributed by atoms with van der Waals surface area (Å²) in [5.74, 6) is -0.148. The van der Waals surface area contributed by atoms with Gasteiger partial charge < -0.3 is 10.2 Å². The summed E-state index contributed by atoms with van der Waals surface area (Å²) in [5, 5.41) is 3.43. The van der Waals surface area contributed by atoms with Gasteiger partial charge in [-0.1, -0.05) is 6.07 Å². The Morgan fingerprint density at radius 2 is 2.29 bits per heavy atom. The van der Waals surface area contributed by atoms with E-state index in [0.717, 1.165) is 24.2 Å². The fourth-order valence-corrected chi connectivity index (χ4v) is 2.44. The second-order valence-corrected chi connectivity index (χ2v) is 4.98. The van der Waals surface area contributed by atoms with E-state index >= 15 is 0 Å². The molecule has 0 spiro atoms. The number of halogens is 1. The third-order valence-corrected chi connectivity index (χ3v) is 3.68.